The van der Waals surface area contributed by atoms with Crippen LogP contribution in [0, 0.1) is 5.82 Å². The Morgan fingerprint density at radius 3 is 2.54 bits per heavy atom. The van der Waals surface area contributed by atoms with E-state index in [0.717, 1.165) is 56.0 Å². The van der Waals surface area contributed by atoms with Crippen LogP contribution < -0.4 is 4.74 Å². The third-order valence-electron chi connectivity index (χ3n) is 5.24. The number of benzene rings is 2. The molecule has 0 amide bonds. The van der Waals surface area contributed by atoms with E-state index in [0.29, 0.717) is 6.04 Å². The molecule has 1 atom stereocenters. The molecular formula is C23H29FN2O2. The van der Waals surface area contributed by atoms with Gasteiger partial charge in [-0.3, -0.25) is 9.80 Å². The Hall–Kier alpha value is -2.21. The molecule has 2 aromatic carbocycles. The van der Waals surface area contributed by atoms with Crippen LogP contribution in [0.15, 0.2) is 54.6 Å². The summed E-state index contributed by atoms with van der Waals surface area (Å²) in [6, 6.07) is 15.0. The van der Waals surface area contributed by atoms with E-state index in [-0.39, 0.29) is 12.4 Å². The fraction of sp³-hybridized carbons (Fsp3) is 0.391. The minimum absolute atomic E-state index is 0.181. The van der Waals surface area contributed by atoms with Crippen molar-refractivity contribution in [1.82, 2.24) is 9.80 Å². The number of ether oxygens (including phenoxy) is 1. The molecule has 3 rings (SSSR count). The number of hydrogen-bond acceptors (Lipinski definition) is 4. The van der Waals surface area contributed by atoms with Gasteiger partial charge in [0.05, 0.1) is 7.11 Å². The molecule has 2 aromatic rings. The molecular weight excluding hydrogens is 355 g/mol. The number of nitrogens with zero attached hydrogens (tertiary/aromatic N) is 2. The molecule has 1 heterocycles. The standard InChI is InChI=1S/C23H29FN2O2/c1-28-23-10-6-19(7-11-23)3-2-13-25-14-15-26(22(18-25)12-16-27)17-20-4-8-21(24)9-5-20/h2-11,22,27H,12-18H2,1H3/b3-2+/t22-/m0/s1. The average molecular weight is 384 g/mol. The number of aliphatic hydroxyl groups excluding tert-OH is 1. The predicted molar refractivity (Wildman–Crippen MR) is 111 cm³/mol. The first-order valence-electron chi connectivity index (χ1n) is 9.80. The predicted octanol–water partition coefficient (Wildman–Crippen LogP) is 3.42. The van der Waals surface area contributed by atoms with Gasteiger partial charge >= 0.3 is 0 Å². The summed E-state index contributed by atoms with van der Waals surface area (Å²) in [6.45, 7) is 4.71. The summed E-state index contributed by atoms with van der Waals surface area (Å²) in [7, 11) is 1.67. The van der Waals surface area contributed by atoms with E-state index < -0.39 is 0 Å². The minimum atomic E-state index is -0.205. The molecule has 0 saturated carbocycles. The summed E-state index contributed by atoms with van der Waals surface area (Å²) in [5.74, 6) is 0.658. The number of hydrogen-bond donors (Lipinski definition) is 1. The fourth-order valence-electron chi connectivity index (χ4n) is 3.63. The van der Waals surface area contributed by atoms with Crippen LogP contribution in [0.4, 0.5) is 4.39 Å². The lowest BCUT2D eigenvalue weighted by molar-refractivity contribution is 0.0597. The first-order chi connectivity index (χ1) is 13.7. The van der Waals surface area contributed by atoms with E-state index >= 15 is 0 Å². The van der Waals surface area contributed by atoms with Gasteiger partial charge in [0.15, 0.2) is 0 Å². The highest BCUT2D eigenvalue weighted by Gasteiger charge is 2.26. The van der Waals surface area contributed by atoms with Gasteiger partial charge in [0, 0.05) is 45.4 Å². The van der Waals surface area contributed by atoms with Crippen LogP contribution in [-0.4, -0.2) is 60.8 Å². The molecule has 0 bridgehead atoms. The van der Waals surface area contributed by atoms with Crippen LogP contribution in [-0.2, 0) is 6.54 Å². The molecule has 0 spiro atoms. The average Bonchev–Trinajstić information content (AvgIpc) is 2.72. The molecule has 4 nitrogen and oxygen atoms in total. The molecule has 0 unspecified atom stereocenters. The van der Waals surface area contributed by atoms with E-state index in [9.17, 15) is 9.50 Å². The monoisotopic (exact) mass is 384 g/mol. The van der Waals surface area contributed by atoms with Crippen molar-refractivity contribution >= 4 is 6.08 Å². The largest absolute Gasteiger partial charge is 0.497 e. The van der Waals surface area contributed by atoms with Crippen molar-refractivity contribution in [2.24, 2.45) is 0 Å². The second-order valence-electron chi connectivity index (χ2n) is 7.20. The van der Waals surface area contributed by atoms with Gasteiger partial charge in [0.2, 0.25) is 0 Å². The third-order valence-corrected chi connectivity index (χ3v) is 5.24. The summed E-state index contributed by atoms with van der Waals surface area (Å²) in [5.41, 5.74) is 2.26. The molecule has 5 heteroatoms. The zero-order valence-electron chi connectivity index (χ0n) is 16.4. The maximum Gasteiger partial charge on any atom is 0.123 e. The fourth-order valence-corrected chi connectivity index (χ4v) is 3.63. The Balaban J connectivity index is 1.53. The lowest BCUT2D eigenvalue weighted by atomic mass is 10.1. The summed E-state index contributed by atoms with van der Waals surface area (Å²) >= 11 is 0. The lowest BCUT2D eigenvalue weighted by Gasteiger charge is -2.41. The van der Waals surface area contributed by atoms with Crippen molar-refractivity contribution in [2.45, 2.75) is 19.0 Å². The quantitative estimate of drug-likeness (QED) is 0.757. The highest BCUT2D eigenvalue weighted by atomic mass is 19.1. The number of aliphatic hydroxyl groups is 1. The van der Waals surface area contributed by atoms with Gasteiger partial charge in [-0.1, -0.05) is 36.4 Å². The van der Waals surface area contributed by atoms with Crippen LogP contribution in [0.5, 0.6) is 5.75 Å². The second-order valence-corrected chi connectivity index (χ2v) is 7.20. The van der Waals surface area contributed by atoms with Gasteiger partial charge in [-0.05, 0) is 41.8 Å². The maximum absolute atomic E-state index is 13.1. The number of rotatable bonds is 8. The third kappa shape index (κ3) is 5.89. The van der Waals surface area contributed by atoms with Crippen LogP contribution in [0.3, 0.4) is 0 Å². The molecule has 0 aromatic heterocycles. The number of methoxy groups -OCH3 is 1. The second kappa shape index (κ2) is 10.4. The zero-order chi connectivity index (χ0) is 19.8. The van der Waals surface area contributed by atoms with Crippen LogP contribution in [0.1, 0.15) is 17.5 Å². The molecule has 1 N–H and O–H groups in total. The molecule has 150 valence electrons. The van der Waals surface area contributed by atoms with Crippen LogP contribution in [0.25, 0.3) is 6.08 Å². The smallest absolute Gasteiger partial charge is 0.123 e. The first-order valence-corrected chi connectivity index (χ1v) is 9.80. The molecule has 1 fully saturated rings. The van der Waals surface area contributed by atoms with E-state index in [1.54, 1.807) is 7.11 Å². The molecule has 0 radical (unpaired) electrons. The van der Waals surface area contributed by atoms with E-state index in [4.69, 9.17) is 4.74 Å². The number of halogens is 1. The van der Waals surface area contributed by atoms with Crippen molar-refractivity contribution < 1.29 is 14.2 Å². The summed E-state index contributed by atoms with van der Waals surface area (Å²) in [4.78, 5) is 4.81. The molecule has 28 heavy (non-hydrogen) atoms. The Bertz CT molecular complexity index is 746. The maximum atomic E-state index is 13.1. The summed E-state index contributed by atoms with van der Waals surface area (Å²) in [5, 5.41) is 9.47. The van der Waals surface area contributed by atoms with Gasteiger partial charge < -0.3 is 9.84 Å². The van der Waals surface area contributed by atoms with Crippen LogP contribution >= 0.6 is 0 Å². The summed E-state index contributed by atoms with van der Waals surface area (Å²) in [6.07, 6.45) is 5.07. The van der Waals surface area contributed by atoms with Gasteiger partial charge in [0.25, 0.3) is 0 Å². The zero-order valence-corrected chi connectivity index (χ0v) is 16.4. The van der Waals surface area contributed by atoms with Crippen molar-refractivity contribution in [2.75, 3.05) is 39.9 Å². The molecule has 1 saturated heterocycles. The van der Waals surface area contributed by atoms with Gasteiger partial charge in [0.1, 0.15) is 11.6 Å². The molecule has 1 aliphatic rings. The van der Waals surface area contributed by atoms with Crippen molar-refractivity contribution in [3.05, 3.63) is 71.6 Å². The Morgan fingerprint density at radius 1 is 1.11 bits per heavy atom. The Kier molecular flexibility index (Phi) is 7.60. The van der Waals surface area contributed by atoms with E-state index in [2.05, 4.69) is 22.0 Å². The number of piperazine rings is 1. The van der Waals surface area contributed by atoms with Gasteiger partial charge in [-0.2, -0.15) is 0 Å². The van der Waals surface area contributed by atoms with Crippen molar-refractivity contribution in [3.63, 3.8) is 0 Å². The Morgan fingerprint density at radius 2 is 1.86 bits per heavy atom. The van der Waals surface area contributed by atoms with Gasteiger partial charge in [-0.15, -0.1) is 0 Å². The van der Waals surface area contributed by atoms with Crippen molar-refractivity contribution in [3.8, 4) is 5.75 Å². The SMILES string of the molecule is COc1ccc(/C=C/CN2CCN(Cc3ccc(F)cc3)[C@@H](CCO)C2)cc1. The molecule has 0 aliphatic carbocycles. The van der Waals surface area contributed by atoms with Crippen LogP contribution in [0.2, 0.25) is 0 Å². The molecule has 1 aliphatic heterocycles. The van der Waals surface area contributed by atoms with E-state index in [1.165, 1.54) is 12.1 Å². The normalized spacial score (nSPS) is 18.6. The van der Waals surface area contributed by atoms with E-state index in [1.807, 2.05) is 36.4 Å². The Labute approximate surface area is 166 Å². The van der Waals surface area contributed by atoms with Crippen molar-refractivity contribution in [1.29, 1.82) is 0 Å². The highest BCUT2D eigenvalue weighted by molar-refractivity contribution is 5.50. The summed E-state index contributed by atoms with van der Waals surface area (Å²) < 4.78 is 18.3. The topological polar surface area (TPSA) is 35.9 Å². The lowest BCUT2D eigenvalue weighted by Crippen LogP contribution is -2.52. The first kappa shape index (κ1) is 20.5. The van der Waals surface area contributed by atoms with Gasteiger partial charge in [-0.25, -0.2) is 4.39 Å². The highest BCUT2D eigenvalue weighted by Crippen LogP contribution is 2.17. The minimum Gasteiger partial charge on any atom is -0.497 e.